The Kier molecular flexibility index (Phi) is 5.45. The molecular formula is C22H18IrN2O2. The summed E-state index contributed by atoms with van der Waals surface area (Å²) in [4.78, 5) is 33.3. The number of fused-ring (bicyclic) bond motifs is 6. The van der Waals surface area contributed by atoms with Gasteiger partial charge in [-0.2, -0.15) is 0 Å². The standard InChI is InChI=1S/C22H18N2O2.Ir/c1-3-19(25)20(26)12-18-13(2)23-21-16-10-6-4-8-14(16)15-9-5-7-11-17(15)22(21)24-18;/h4-11H,3,12H2,1-2H3;. The van der Waals surface area contributed by atoms with Gasteiger partial charge < -0.3 is 0 Å². The van der Waals surface area contributed by atoms with Gasteiger partial charge in [0.1, 0.15) is 0 Å². The largest absolute Gasteiger partial charge is 0.291 e. The van der Waals surface area contributed by atoms with E-state index in [0.29, 0.717) is 11.4 Å². The van der Waals surface area contributed by atoms with Gasteiger partial charge in [0, 0.05) is 37.3 Å². The molecule has 1 aromatic heterocycles. The molecule has 5 heteroatoms. The number of benzene rings is 3. The first kappa shape index (κ1) is 19.3. The molecule has 0 saturated heterocycles. The first-order valence-corrected chi connectivity index (χ1v) is 8.73. The SMILES string of the molecule is CCC(=O)C(=O)Cc1nc2c3ccccc3c3ccccc3c2nc1C.[Ir]. The molecule has 4 aromatic rings. The van der Waals surface area contributed by atoms with Crippen molar-refractivity contribution in [1.29, 1.82) is 0 Å². The van der Waals surface area contributed by atoms with E-state index in [1.807, 2.05) is 43.3 Å². The molecule has 4 nitrogen and oxygen atoms in total. The number of nitrogens with zero attached hydrogens (tertiary/aromatic N) is 2. The summed E-state index contributed by atoms with van der Waals surface area (Å²) in [5.41, 5.74) is 2.87. The van der Waals surface area contributed by atoms with Crippen LogP contribution in [0, 0.1) is 6.92 Å². The van der Waals surface area contributed by atoms with Crippen LogP contribution in [0.25, 0.3) is 32.6 Å². The van der Waals surface area contributed by atoms with Gasteiger partial charge in [-0.25, -0.2) is 9.97 Å². The van der Waals surface area contributed by atoms with Crippen molar-refractivity contribution in [3.63, 3.8) is 0 Å². The zero-order valence-corrected chi connectivity index (χ0v) is 17.5. The molecule has 1 radical (unpaired) electrons. The summed E-state index contributed by atoms with van der Waals surface area (Å²) in [5, 5.41) is 4.29. The van der Waals surface area contributed by atoms with Gasteiger partial charge in [0.25, 0.3) is 0 Å². The second-order valence-corrected chi connectivity index (χ2v) is 6.42. The first-order valence-electron chi connectivity index (χ1n) is 8.73. The van der Waals surface area contributed by atoms with Gasteiger partial charge >= 0.3 is 0 Å². The van der Waals surface area contributed by atoms with E-state index in [4.69, 9.17) is 9.97 Å². The third kappa shape index (κ3) is 3.29. The number of rotatable bonds is 4. The van der Waals surface area contributed by atoms with Crippen LogP contribution in [0.2, 0.25) is 0 Å². The van der Waals surface area contributed by atoms with Gasteiger partial charge in [-0.3, -0.25) is 9.59 Å². The molecule has 0 saturated carbocycles. The van der Waals surface area contributed by atoms with E-state index >= 15 is 0 Å². The molecular weight excluding hydrogens is 516 g/mol. The Morgan fingerprint density at radius 2 is 1.26 bits per heavy atom. The summed E-state index contributed by atoms with van der Waals surface area (Å²) in [6.45, 7) is 3.54. The zero-order chi connectivity index (χ0) is 18.3. The van der Waals surface area contributed by atoms with Gasteiger partial charge in [0.15, 0.2) is 5.78 Å². The molecule has 0 fully saturated rings. The molecule has 27 heavy (non-hydrogen) atoms. The molecule has 0 spiro atoms. The Balaban J connectivity index is 0.00000210. The number of carbonyl (C=O) groups excluding carboxylic acids is 2. The number of aromatic nitrogens is 2. The second kappa shape index (κ2) is 7.63. The number of hydrogen-bond acceptors (Lipinski definition) is 4. The van der Waals surface area contributed by atoms with E-state index in [1.165, 1.54) is 0 Å². The predicted molar refractivity (Wildman–Crippen MR) is 103 cm³/mol. The van der Waals surface area contributed by atoms with Crippen molar-refractivity contribution in [2.75, 3.05) is 0 Å². The van der Waals surface area contributed by atoms with Gasteiger partial charge in [0.05, 0.1) is 28.8 Å². The normalized spacial score (nSPS) is 10.9. The van der Waals surface area contributed by atoms with E-state index < -0.39 is 5.78 Å². The minimum absolute atomic E-state index is 0. The van der Waals surface area contributed by atoms with Crippen molar-refractivity contribution in [3.05, 3.63) is 59.9 Å². The van der Waals surface area contributed by atoms with Crippen LogP contribution >= 0.6 is 0 Å². The molecule has 0 unspecified atom stereocenters. The summed E-state index contributed by atoms with van der Waals surface area (Å²) in [5.74, 6) is -0.774. The number of carbonyl (C=O) groups is 2. The van der Waals surface area contributed by atoms with E-state index in [2.05, 4.69) is 12.1 Å². The topological polar surface area (TPSA) is 59.9 Å². The molecule has 1 heterocycles. The fourth-order valence-corrected chi connectivity index (χ4v) is 3.39. The van der Waals surface area contributed by atoms with Gasteiger partial charge in [-0.1, -0.05) is 55.5 Å². The van der Waals surface area contributed by atoms with Crippen molar-refractivity contribution >= 4 is 44.1 Å². The summed E-state index contributed by atoms with van der Waals surface area (Å²) >= 11 is 0. The molecule has 0 aliphatic heterocycles. The maximum absolute atomic E-state index is 12.1. The van der Waals surface area contributed by atoms with Crippen molar-refractivity contribution < 1.29 is 29.7 Å². The minimum atomic E-state index is -0.408. The van der Waals surface area contributed by atoms with Crippen LogP contribution in [0.5, 0.6) is 0 Å². The van der Waals surface area contributed by atoms with E-state index in [-0.39, 0.29) is 38.7 Å². The zero-order valence-electron chi connectivity index (χ0n) is 15.1. The average molecular weight is 535 g/mol. The molecule has 0 amide bonds. The Bertz CT molecular complexity index is 1200. The number of Topliss-reactive ketones (excluding diaryl/α,β-unsaturated/α-hetero) is 2. The quantitative estimate of drug-likeness (QED) is 0.289. The summed E-state index contributed by atoms with van der Waals surface area (Å²) in [6, 6.07) is 16.2. The fourth-order valence-electron chi connectivity index (χ4n) is 3.39. The predicted octanol–water partition coefficient (Wildman–Crippen LogP) is 4.33. The number of ketones is 2. The molecule has 137 valence electrons. The first-order chi connectivity index (χ1) is 12.6. The third-order valence-electron chi connectivity index (χ3n) is 4.78. The Hall–Kier alpha value is -2.49. The molecule has 0 N–H and O–H groups in total. The van der Waals surface area contributed by atoms with Crippen LogP contribution in [0.3, 0.4) is 0 Å². The molecule has 3 aromatic carbocycles. The van der Waals surface area contributed by atoms with Crippen molar-refractivity contribution in [1.82, 2.24) is 9.97 Å². The number of hydrogen-bond donors (Lipinski definition) is 0. The third-order valence-corrected chi connectivity index (χ3v) is 4.78. The monoisotopic (exact) mass is 535 g/mol. The van der Waals surface area contributed by atoms with Gasteiger partial charge in [0.2, 0.25) is 5.78 Å². The molecule has 4 rings (SSSR count). The van der Waals surface area contributed by atoms with E-state index in [0.717, 1.165) is 32.6 Å². The van der Waals surface area contributed by atoms with Gasteiger partial charge in [-0.15, -0.1) is 0 Å². The van der Waals surface area contributed by atoms with E-state index in [1.54, 1.807) is 6.92 Å². The van der Waals surface area contributed by atoms with Crippen molar-refractivity contribution in [3.8, 4) is 0 Å². The molecule has 0 bridgehead atoms. The maximum Gasteiger partial charge on any atom is 0.204 e. The maximum atomic E-state index is 12.1. The molecule has 0 aliphatic carbocycles. The average Bonchev–Trinajstić information content (AvgIpc) is 2.68. The van der Waals surface area contributed by atoms with Crippen LogP contribution < -0.4 is 0 Å². The smallest absolute Gasteiger partial charge is 0.204 e. The Morgan fingerprint density at radius 1 is 0.778 bits per heavy atom. The van der Waals surface area contributed by atoms with Crippen LogP contribution in [0.1, 0.15) is 24.7 Å². The van der Waals surface area contributed by atoms with Crippen molar-refractivity contribution in [2.24, 2.45) is 0 Å². The van der Waals surface area contributed by atoms with E-state index in [9.17, 15) is 9.59 Å². The van der Waals surface area contributed by atoms with Crippen LogP contribution in [0.15, 0.2) is 48.5 Å². The minimum Gasteiger partial charge on any atom is -0.291 e. The van der Waals surface area contributed by atoms with Crippen LogP contribution in [-0.4, -0.2) is 21.5 Å². The Labute approximate surface area is 170 Å². The van der Waals surface area contributed by atoms with Gasteiger partial charge in [-0.05, 0) is 17.7 Å². The number of aryl methyl sites for hydroxylation is 1. The Morgan fingerprint density at radius 3 is 1.78 bits per heavy atom. The summed E-state index contributed by atoms with van der Waals surface area (Å²) in [6.07, 6.45) is 0.217. The summed E-state index contributed by atoms with van der Waals surface area (Å²) in [7, 11) is 0. The van der Waals surface area contributed by atoms with Crippen molar-refractivity contribution in [2.45, 2.75) is 26.7 Å². The molecule has 0 aliphatic rings. The summed E-state index contributed by atoms with van der Waals surface area (Å²) < 4.78 is 0. The van der Waals surface area contributed by atoms with Crippen LogP contribution in [-0.2, 0) is 36.1 Å². The molecule has 0 atom stereocenters. The second-order valence-electron chi connectivity index (χ2n) is 6.42. The fraction of sp³-hybridized carbons (Fsp3) is 0.182. The van der Waals surface area contributed by atoms with Crippen LogP contribution in [0.4, 0.5) is 0 Å².